The van der Waals surface area contributed by atoms with Crippen LogP contribution >= 0.6 is 43.2 Å². The molecule has 0 saturated carbocycles. The van der Waals surface area contributed by atoms with Gasteiger partial charge in [0.15, 0.2) is 0 Å². The molecule has 0 unspecified atom stereocenters. The standard InChI is InChI=1S/C9H5Br2NO3S/c1-3-6(9(13)14)15-8(12-3)5-2-4(10)7(11)16-5/h2H,1H3,(H,13,14). The van der Waals surface area contributed by atoms with Crippen molar-refractivity contribution in [3.63, 3.8) is 0 Å². The van der Waals surface area contributed by atoms with E-state index in [0.717, 1.165) is 13.1 Å². The average Bonchev–Trinajstić information content (AvgIpc) is 2.71. The summed E-state index contributed by atoms with van der Waals surface area (Å²) in [5.41, 5.74) is 0.378. The molecule has 0 amide bonds. The number of carboxylic acids is 1. The molecule has 0 bridgehead atoms. The summed E-state index contributed by atoms with van der Waals surface area (Å²) in [6.45, 7) is 1.61. The van der Waals surface area contributed by atoms with Crippen molar-refractivity contribution in [2.45, 2.75) is 6.92 Å². The normalized spacial score (nSPS) is 10.7. The first-order chi connectivity index (χ1) is 7.49. The maximum absolute atomic E-state index is 10.8. The van der Waals surface area contributed by atoms with Gasteiger partial charge in [-0.1, -0.05) is 0 Å². The molecule has 2 rings (SSSR count). The minimum atomic E-state index is -1.11. The Balaban J connectivity index is 2.49. The third-order valence-corrected chi connectivity index (χ3v) is 5.09. The summed E-state index contributed by atoms with van der Waals surface area (Å²) in [5, 5.41) is 8.84. The quantitative estimate of drug-likeness (QED) is 0.874. The van der Waals surface area contributed by atoms with E-state index in [9.17, 15) is 4.79 Å². The van der Waals surface area contributed by atoms with Gasteiger partial charge in [0.1, 0.15) is 0 Å². The van der Waals surface area contributed by atoms with E-state index in [1.807, 2.05) is 6.07 Å². The van der Waals surface area contributed by atoms with Gasteiger partial charge in [0, 0.05) is 4.47 Å². The monoisotopic (exact) mass is 365 g/mol. The maximum Gasteiger partial charge on any atom is 0.373 e. The lowest BCUT2D eigenvalue weighted by atomic mass is 10.4. The van der Waals surface area contributed by atoms with Gasteiger partial charge in [0.2, 0.25) is 11.7 Å². The highest BCUT2D eigenvalue weighted by molar-refractivity contribution is 9.13. The highest BCUT2D eigenvalue weighted by atomic mass is 79.9. The smallest absolute Gasteiger partial charge is 0.373 e. The Morgan fingerprint density at radius 2 is 2.25 bits per heavy atom. The second-order valence-corrected chi connectivity index (χ2v) is 6.20. The van der Waals surface area contributed by atoms with E-state index < -0.39 is 5.97 Å². The molecule has 0 saturated heterocycles. The molecule has 0 aromatic carbocycles. The third kappa shape index (κ3) is 2.07. The van der Waals surface area contributed by atoms with Crippen molar-refractivity contribution in [2.24, 2.45) is 0 Å². The van der Waals surface area contributed by atoms with Gasteiger partial charge < -0.3 is 9.52 Å². The fraction of sp³-hybridized carbons (Fsp3) is 0.111. The summed E-state index contributed by atoms with van der Waals surface area (Å²) in [7, 11) is 0. The minimum absolute atomic E-state index is 0.115. The van der Waals surface area contributed by atoms with Crippen molar-refractivity contribution in [1.82, 2.24) is 4.98 Å². The first-order valence-electron chi connectivity index (χ1n) is 4.15. The lowest BCUT2D eigenvalue weighted by Gasteiger charge is -1.86. The Morgan fingerprint density at radius 1 is 1.56 bits per heavy atom. The van der Waals surface area contributed by atoms with Crippen molar-refractivity contribution in [3.05, 3.63) is 25.8 Å². The molecule has 0 spiro atoms. The van der Waals surface area contributed by atoms with E-state index in [4.69, 9.17) is 9.52 Å². The fourth-order valence-electron chi connectivity index (χ4n) is 1.15. The third-order valence-electron chi connectivity index (χ3n) is 1.85. The van der Waals surface area contributed by atoms with E-state index in [0.29, 0.717) is 11.6 Å². The molecule has 0 aliphatic heterocycles. The molecule has 84 valence electrons. The van der Waals surface area contributed by atoms with Gasteiger partial charge in [0.25, 0.3) is 0 Å². The van der Waals surface area contributed by atoms with Crippen molar-refractivity contribution >= 4 is 49.2 Å². The topological polar surface area (TPSA) is 63.3 Å². The Labute approximate surface area is 112 Å². The van der Waals surface area contributed by atoms with Crippen molar-refractivity contribution in [3.8, 4) is 10.8 Å². The lowest BCUT2D eigenvalue weighted by Crippen LogP contribution is -1.95. The molecule has 0 aliphatic rings. The number of rotatable bonds is 2. The number of oxazole rings is 1. The predicted molar refractivity (Wildman–Crippen MR) is 66.9 cm³/mol. The van der Waals surface area contributed by atoms with E-state index in [-0.39, 0.29) is 5.76 Å². The summed E-state index contributed by atoms with van der Waals surface area (Å²) >= 11 is 8.12. The zero-order valence-electron chi connectivity index (χ0n) is 7.95. The summed E-state index contributed by atoms with van der Waals surface area (Å²) in [6.07, 6.45) is 0. The van der Waals surface area contributed by atoms with Gasteiger partial charge in [-0.25, -0.2) is 9.78 Å². The van der Waals surface area contributed by atoms with Gasteiger partial charge in [0.05, 0.1) is 14.4 Å². The number of carbonyl (C=O) groups is 1. The number of nitrogens with zero attached hydrogens (tertiary/aromatic N) is 1. The second-order valence-electron chi connectivity index (χ2n) is 2.97. The van der Waals surface area contributed by atoms with Crippen LogP contribution in [0.2, 0.25) is 0 Å². The first kappa shape index (κ1) is 11.8. The van der Waals surface area contributed by atoms with Gasteiger partial charge in [-0.2, -0.15) is 0 Å². The number of hydrogen-bond acceptors (Lipinski definition) is 4. The highest BCUT2D eigenvalue weighted by Gasteiger charge is 2.19. The van der Waals surface area contributed by atoms with Crippen LogP contribution in [0.1, 0.15) is 16.2 Å². The number of aryl methyl sites for hydroxylation is 1. The predicted octanol–water partition coefficient (Wildman–Crippen LogP) is 3.93. The summed E-state index contributed by atoms with van der Waals surface area (Å²) < 4.78 is 6.99. The van der Waals surface area contributed by atoms with Crippen LogP contribution in [-0.4, -0.2) is 16.1 Å². The molecule has 0 radical (unpaired) electrons. The Kier molecular flexibility index (Phi) is 3.18. The van der Waals surface area contributed by atoms with E-state index in [2.05, 4.69) is 36.8 Å². The highest BCUT2D eigenvalue weighted by Crippen LogP contribution is 2.38. The fourth-order valence-corrected chi connectivity index (χ4v) is 3.11. The molecule has 16 heavy (non-hydrogen) atoms. The second kappa shape index (κ2) is 4.31. The average molecular weight is 367 g/mol. The SMILES string of the molecule is Cc1nc(-c2cc(Br)c(Br)s2)oc1C(=O)O. The number of thiophene rings is 1. The van der Waals surface area contributed by atoms with Crippen LogP contribution in [0.5, 0.6) is 0 Å². The molecular formula is C9H5Br2NO3S. The molecule has 0 atom stereocenters. The van der Waals surface area contributed by atoms with Gasteiger partial charge in [-0.15, -0.1) is 11.3 Å². The number of aromatic carboxylic acids is 1. The molecule has 0 aliphatic carbocycles. The molecule has 1 N–H and O–H groups in total. The zero-order chi connectivity index (χ0) is 11.9. The van der Waals surface area contributed by atoms with E-state index in [1.165, 1.54) is 11.3 Å². The lowest BCUT2D eigenvalue weighted by molar-refractivity contribution is 0.0662. The Hall–Kier alpha value is -0.660. The molecule has 4 nitrogen and oxygen atoms in total. The molecule has 2 heterocycles. The molecular weight excluding hydrogens is 362 g/mol. The Morgan fingerprint density at radius 3 is 2.69 bits per heavy atom. The zero-order valence-corrected chi connectivity index (χ0v) is 11.9. The van der Waals surface area contributed by atoms with Crippen LogP contribution in [0, 0.1) is 6.92 Å². The van der Waals surface area contributed by atoms with Crippen molar-refractivity contribution in [1.29, 1.82) is 0 Å². The maximum atomic E-state index is 10.8. The van der Waals surface area contributed by atoms with E-state index in [1.54, 1.807) is 6.92 Å². The van der Waals surface area contributed by atoms with Crippen LogP contribution in [-0.2, 0) is 0 Å². The molecule has 2 aromatic heterocycles. The largest absolute Gasteiger partial charge is 0.475 e. The van der Waals surface area contributed by atoms with E-state index >= 15 is 0 Å². The van der Waals surface area contributed by atoms with Gasteiger partial charge in [-0.3, -0.25) is 0 Å². The van der Waals surface area contributed by atoms with Gasteiger partial charge >= 0.3 is 5.97 Å². The van der Waals surface area contributed by atoms with Crippen LogP contribution in [0.4, 0.5) is 0 Å². The molecule has 7 heteroatoms. The minimum Gasteiger partial charge on any atom is -0.475 e. The Bertz CT molecular complexity index is 542. The van der Waals surface area contributed by atoms with Crippen molar-refractivity contribution in [2.75, 3.05) is 0 Å². The number of aromatic nitrogens is 1. The van der Waals surface area contributed by atoms with Gasteiger partial charge in [-0.05, 0) is 44.8 Å². The van der Waals surface area contributed by atoms with Crippen LogP contribution in [0.3, 0.4) is 0 Å². The van der Waals surface area contributed by atoms with Crippen LogP contribution < -0.4 is 0 Å². The summed E-state index contributed by atoms with van der Waals surface area (Å²) in [6, 6.07) is 1.83. The number of hydrogen-bond donors (Lipinski definition) is 1. The number of halogens is 2. The first-order valence-corrected chi connectivity index (χ1v) is 6.55. The van der Waals surface area contributed by atoms with Crippen LogP contribution in [0.15, 0.2) is 18.7 Å². The van der Waals surface area contributed by atoms with Crippen molar-refractivity contribution < 1.29 is 14.3 Å². The molecule has 0 fully saturated rings. The summed E-state index contributed by atoms with van der Waals surface area (Å²) in [4.78, 5) is 15.6. The number of carboxylic acid groups (broad SMARTS) is 1. The summed E-state index contributed by atoms with van der Waals surface area (Å²) in [5.74, 6) is -0.895. The van der Waals surface area contributed by atoms with Crippen LogP contribution in [0.25, 0.3) is 10.8 Å². The molecule has 2 aromatic rings.